The van der Waals surface area contributed by atoms with Crippen molar-refractivity contribution in [2.45, 2.75) is 49.5 Å². The van der Waals surface area contributed by atoms with E-state index >= 15 is 0 Å². The average Bonchev–Trinajstić information content (AvgIpc) is 2.95. The van der Waals surface area contributed by atoms with E-state index in [-0.39, 0.29) is 5.75 Å². The fourth-order valence-electron chi connectivity index (χ4n) is 2.99. The zero-order valence-corrected chi connectivity index (χ0v) is 14.3. The van der Waals surface area contributed by atoms with Crippen molar-refractivity contribution in [3.8, 4) is 0 Å². The number of sulfone groups is 1. The van der Waals surface area contributed by atoms with Gasteiger partial charge in [0.15, 0.2) is 9.84 Å². The second kappa shape index (κ2) is 7.22. The van der Waals surface area contributed by atoms with E-state index in [0.717, 1.165) is 6.42 Å². The lowest BCUT2D eigenvalue weighted by Gasteiger charge is -2.35. The molecule has 2 N–H and O–H groups in total. The number of nitrogens with one attached hydrogen (secondary N) is 1. The van der Waals surface area contributed by atoms with Gasteiger partial charge >= 0.3 is 0 Å². The third-order valence-electron chi connectivity index (χ3n) is 4.54. The molecule has 1 saturated carbocycles. The standard InChI is InChI=1S/C15H25NO3S2/c1-11-5-3-6-14(12(11)2)16-9-13(17)10-21(18,19)15-7-4-8-20-15/h4,7-8,11-14,16-17H,3,5-6,9-10H2,1-2H3/t11-,12+,13+,14+/m1/s1. The zero-order valence-electron chi connectivity index (χ0n) is 12.7. The highest BCUT2D eigenvalue weighted by atomic mass is 32.2. The van der Waals surface area contributed by atoms with Crippen LogP contribution in [0.5, 0.6) is 0 Å². The fourth-order valence-corrected chi connectivity index (χ4v) is 5.47. The minimum Gasteiger partial charge on any atom is -0.391 e. The first-order chi connectivity index (χ1) is 9.90. The highest BCUT2D eigenvalue weighted by molar-refractivity contribution is 7.93. The van der Waals surface area contributed by atoms with Gasteiger partial charge in [-0.1, -0.05) is 32.8 Å². The molecule has 0 amide bonds. The summed E-state index contributed by atoms with van der Waals surface area (Å²) in [5, 5.41) is 15.1. The first-order valence-electron chi connectivity index (χ1n) is 7.58. The van der Waals surface area contributed by atoms with Crippen molar-refractivity contribution >= 4 is 21.2 Å². The first kappa shape index (κ1) is 16.9. The summed E-state index contributed by atoms with van der Waals surface area (Å²) in [4.78, 5) is 0. The minimum atomic E-state index is -3.36. The van der Waals surface area contributed by atoms with Gasteiger partial charge in [0.1, 0.15) is 4.21 Å². The Balaban J connectivity index is 1.84. The predicted molar refractivity (Wildman–Crippen MR) is 86.3 cm³/mol. The molecular weight excluding hydrogens is 306 g/mol. The molecular formula is C15H25NO3S2. The summed E-state index contributed by atoms with van der Waals surface area (Å²) in [6, 6.07) is 3.69. The van der Waals surface area contributed by atoms with Crippen molar-refractivity contribution in [1.29, 1.82) is 0 Å². The molecule has 0 radical (unpaired) electrons. The topological polar surface area (TPSA) is 66.4 Å². The molecule has 1 fully saturated rings. The third kappa shape index (κ3) is 4.52. The number of hydrogen-bond acceptors (Lipinski definition) is 5. The van der Waals surface area contributed by atoms with Crippen LogP contribution in [-0.2, 0) is 9.84 Å². The zero-order chi connectivity index (χ0) is 15.5. The van der Waals surface area contributed by atoms with E-state index in [4.69, 9.17) is 0 Å². The molecule has 1 aromatic heterocycles. The Morgan fingerprint density at radius 3 is 2.86 bits per heavy atom. The van der Waals surface area contributed by atoms with Gasteiger partial charge < -0.3 is 10.4 Å². The largest absolute Gasteiger partial charge is 0.391 e. The van der Waals surface area contributed by atoms with Crippen LogP contribution in [0.25, 0.3) is 0 Å². The molecule has 4 nitrogen and oxygen atoms in total. The van der Waals surface area contributed by atoms with Crippen LogP contribution in [0, 0.1) is 11.8 Å². The van der Waals surface area contributed by atoms with E-state index in [0.29, 0.717) is 28.6 Å². The minimum absolute atomic E-state index is 0.211. The maximum absolute atomic E-state index is 12.1. The lowest BCUT2D eigenvalue weighted by molar-refractivity contribution is 0.157. The van der Waals surface area contributed by atoms with Gasteiger partial charge in [0, 0.05) is 12.6 Å². The highest BCUT2D eigenvalue weighted by Gasteiger charge is 2.28. The summed E-state index contributed by atoms with van der Waals surface area (Å²) in [6.07, 6.45) is 2.71. The van der Waals surface area contributed by atoms with Crippen molar-refractivity contribution < 1.29 is 13.5 Å². The molecule has 1 aromatic rings. The summed E-state index contributed by atoms with van der Waals surface area (Å²) in [6.45, 7) is 4.83. The average molecular weight is 332 g/mol. The molecule has 120 valence electrons. The highest BCUT2D eigenvalue weighted by Crippen LogP contribution is 2.29. The maximum atomic E-state index is 12.1. The number of thiophene rings is 1. The molecule has 1 aliphatic rings. The van der Waals surface area contributed by atoms with Crippen LogP contribution in [0.4, 0.5) is 0 Å². The Bertz CT molecular complexity index is 527. The van der Waals surface area contributed by atoms with E-state index in [9.17, 15) is 13.5 Å². The van der Waals surface area contributed by atoms with Gasteiger partial charge in [-0.25, -0.2) is 8.42 Å². The Kier molecular flexibility index (Phi) is 5.82. The second-order valence-corrected chi connectivity index (χ2v) is 9.36. The van der Waals surface area contributed by atoms with E-state index in [2.05, 4.69) is 19.2 Å². The van der Waals surface area contributed by atoms with Crippen LogP contribution in [0.1, 0.15) is 33.1 Å². The molecule has 0 bridgehead atoms. The van der Waals surface area contributed by atoms with Gasteiger partial charge in [0.2, 0.25) is 0 Å². The SMILES string of the molecule is C[C@H]1[C@H](C)CCC[C@@H]1NC[C@H](O)CS(=O)(=O)c1cccs1. The van der Waals surface area contributed by atoms with Crippen molar-refractivity contribution in [3.63, 3.8) is 0 Å². The normalized spacial score (nSPS) is 28.4. The molecule has 0 saturated heterocycles. The van der Waals surface area contributed by atoms with E-state index < -0.39 is 15.9 Å². The molecule has 21 heavy (non-hydrogen) atoms. The van der Waals surface area contributed by atoms with E-state index in [1.54, 1.807) is 17.5 Å². The predicted octanol–water partition coefficient (Wildman–Crippen LogP) is 2.30. The molecule has 4 atom stereocenters. The van der Waals surface area contributed by atoms with Crippen LogP contribution in [0.15, 0.2) is 21.7 Å². The summed E-state index contributed by atoms with van der Waals surface area (Å²) in [5.74, 6) is 1.04. The van der Waals surface area contributed by atoms with E-state index in [1.807, 2.05) is 0 Å². The van der Waals surface area contributed by atoms with Crippen LogP contribution < -0.4 is 5.32 Å². The number of hydrogen-bond donors (Lipinski definition) is 2. The Labute approximate surface area is 131 Å². The van der Waals surface area contributed by atoms with Crippen molar-refractivity contribution in [3.05, 3.63) is 17.5 Å². The quantitative estimate of drug-likeness (QED) is 0.839. The van der Waals surface area contributed by atoms with Crippen molar-refractivity contribution in [1.82, 2.24) is 5.32 Å². The molecule has 2 rings (SSSR count). The Hall–Kier alpha value is -0.430. The lowest BCUT2D eigenvalue weighted by atomic mass is 9.78. The number of rotatable bonds is 6. The second-order valence-electron chi connectivity index (χ2n) is 6.15. The lowest BCUT2D eigenvalue weighted by Crippen LogP contribution is -2.44. The van der Waals surface area contributed by atoms with Crippen molar-refractivity contribution in [2.24, 2.45) is 11.8 Å². The number of aliphatic hydroxyl groups excluding tert-OH is 1. The number of aliphatic hydroxyl groups is 1. The smallest absolute Gasteiger partial charge is 0.190 e. The van der Waals surface area contributed by atoms with Gasteiger partial charge in [-0.15, -0.1) is 11.3 Å². The summed E-state index contributed by atoms with van der Waals surface area (Å²) >= 11 is 1.20. The monoisotopic (exact) mass is 331 g/mol. The van der Waals surface area contributed by atoms with Crippen LogP contribution in [-0.4, -0.2) is 38.0 Å². The molecule has 0 aromatic carbocycles. The van der Waals surface area contributed by atoms with Gasteiger partial charge in [-0.2, -0.15) is 0 Å². The maximum Gasteiger partial charge on any atom is 0.190 e. The van der Waals surface area contributed by atoms with Gasteiger partial charge in [0.25, 0.3) is 0 Å². The molecule has 1 heterocycles. The Morgan fingerprint density at radius 2 is 2.19 bits per heavy atom. The molecule has 0 aliphatic heterocycles. The summed E-state index contributed by atoms with van der Waals surface area (Å²) in [5.41, 5.74) is 0. The van der Waals surface area contributed by atoms with Gasteiger partial charge in [0.05, 0.1) is 11.9 Å². The molecule has 6 heteroatoms. The fraction of sp³-hybridized carbons (Fsp3) is 0.733. The van der Waals surface area contributed by atoms with E-state index in [1.165, 1.54) is 24.2 Å². The molecule has 0 unspecified atom stereocenters. The molecule has 1 aliphatic carbocycles. The van der Waals surface area contributed by atoms with Gasteiger partial charge in [-0.3, -0.25) is 0 Å². The van der Waals surface area contributed by atoms with Crippen LogP contribution in [0.2, 0.25) is 0 Å². The summed E-state index contributed by atoms with van der Waals surface area (Å²) < 4.78 is 24.5. The van der Waals surface area contributed by atoms with Crippen LogP contribution in [0.3, 0.4) is 0 Å². The third-order valence-corrected chi connectivity index (χ3v) is 7.82. The molecule has 0 spiro atoms. The first-order valence-corrected chi connectivity index (χ1v) is 10.1. The Morgan fingerprint density at radius 1 is 1.43 bits per heavy atom. The summed E-state index contributed by atoms with van der Waals surface area (Å²) in [7, 11) is -3.36. The van der Waals surface area contributed by atoms with Crippen molar-refractivity contribution in [2.75, 3.05) is 12.3 Å². The van der Waals surface area contributed by atoms with Crippen LogP contribution >= 0.6 is 11.3 Å². The van der Waals surface area contributed by atoms with Gasteiger partial charge in [-0.05, 0) is 29.7 Å².